The number of nitrogens with zero attached hydrogens (tertiary/aromatic N) is 1. The van der Waals surface area contributed by atoms with Gasteiger partial charge in [-0.25, -0.2) is 8.42 Å². The zero-order valence-electron chi connectivity index (χ0n) is 11.1. The fourth-order valence-electron chi connectivity index (χ4n) is 1.62. The van der Waals surface area contributed by atoms with Crippen molar-refractivity contribution in [1.29, 1.82) is 0 Å². The number of sulfonamides is 1. The Kier molecular flexibility index (Phi) is 6.25. The first-order valence-corrected chi connectivity index (χ1v) is 8.29. The molecule has 0 atom stereocenters. The van der Waals surface area contributed by atoms with Crippen molar-refractivity contribution < 1.29 is 13.2 Å². The zero-order valence-corrected chi connectivity index (χ0v) is 13.5. The summed E-state index contributed by atoms with van der Waals surface area (Å²) in [4.78, 5) is 0.186. The number of rotatable bonds is 7. The molecule has 5 nitrogen and oxygen atoms in total. The minimum atomic E-state index is -3.56. The van der Waals surface area contributed by atoms with Gasteiger partial charge in [0.2, 0.25) is 10.0 Å². The molecule has 0 aromatic heterocycles. The summed E-state index contributed by atoms with van der Waals surface area (Å²) < 4.78 is 32.1. The van der Waals surface area contributed by atoms with Crippen LogP contribution in [0, 0.1) is 0 Å². The molecular formula is C12H19BrN2O3S. The topological polar surface area (TPSA) is 72.6 Å². The predicted octanol–water partition coefficient (Wildman–Crippen LogP) is 2.08. The van der Waals surface area contributed by atoms with Crippen LogP contribution < -0.4 is 5.73 Å². The summed E-state index contributed by atoms with van der Waals surface area (Å²) in [6.45, 7) is 5.33. The largest absolute Gasteiger partial charge is 0.399 e. The highest BCUT2D eigenvalue weighted by molar-refractivity contribution is 9.10. The van der Waals surface area contributed by atoms with Crippen LogP contribution >= 0.6 is 15.9 Å². The maximum Gasteiger partial charge on any atom is 0.244 e. The number of anilines is 1. The third-order valence-electron chi connectivity index (χ3n) is 2.61. The highest BCUT2D eigenvalue weighted by atomic mass is 79.9. The first kappa shape index (κ1) is 16.4. The van der Waals surface area contributed by atoms with Crippen molar-refractivity contribution in [3.63, 3.8) is 0 Å². The monoisotopic (exact) mass is 350 g/mol. The summed E-state index contributed by atoms with van der Waals surface area (Å²) in [5, 5.41) is 0. The number of hydrogen-bond donors (Lipinski definition) is 1. The average molecular weight is 351 g/mol. The lowest BCUT2D eigenvalue weighted by molar-refractivity contribution is 0.135. The number of halogens is 1. The number of likely N-dealkylation sites (N-methyl/N-ethyl adjacent to an activating group) is 1. The first-order chi connectivity index (χ1) is 8.93. The van der Waals surface area contributed by atoms with Crippen LogP contribution in [-0.2, 0) is 14.8 Å². The SMILES string of the molecule is CCOCCN(CC)S(=O)(=O)c1cc(N)ccc1Br. The predicted molar refractivity (Wildman–Crippen MR) is 79.5 cm³/mol. The molecule has 0 fully saturated rings. The molecule has 1 rings (SSSR count). The van der Waals surface area contributed by atoms with E-state index in [1.54, 1.807) is 19.1 Å². The Hall–Kier alpha value is -0.630. The maximum absolute atomic E-state index is 12.5. The Bertz CT molecular complexity index is 520. The van der Waals surface area contributed by atoms with Gasteiger partial charge in [-0.1, -0.05) is 6.92 Å². The highest BCUT2D eigenvalue weighted by Crippen LogP contribution is 2.26. The molecular weight excluding hydrogens is 332 g/mol. The van der Waals surface area contributed by atoms with Crippen molar-refractivity contribution in [2.75, 3.05) is 32.0 Å². The second-order valence-electron chi connectivity index (χ2n) is 3.88. The van der Waals surface area contributed by atoms with Gasteiger partial charge in [0, 0.05) is 29.9 Å². The standard InChI is InChI=1S/C12H19BrN2O3S/c1-3-15(7-8-18-4-2)19(16,17)12-9-10(14)5-6-11(12)13/h5-6,9H,3-4,7-8,14H2,1-2H3. The van der Waals surface area contributed by atoms with E-state index in [-0.39, 0.29) is 4.90 Å². The van der Waals surface area contributed by atoms with Crippen LogP contribution in [-0.4, -0.2) is 39.0 Å². The summed E-state index contributed by atoms with van der Waals surface area (Å²) in [6, 6.07) is 4.75. The van der Waals surface area contributed by atoms with E-state index in [1.807, 2.05) is 6.92 Å². The molecule has 0 amide bonds. The van der Waals surface area contributed by atoms with Crippen LogP contribution in [0.5, 0.6) is 0 Å². The summed E-state index contributed by atoms with van der Waals surface area (Å²) in [7, 11) is -3.56. The molecule has 0 saturated carbocycles. The molecule has 0 spiro atoms. The molecule has 0 heterocycles. The lowest BCUT2D eigenvalue weighted by Gasteiger charge is -2.21. The van der Waals surface area contributed by atoms with Crippen LogP contribution in [0.15, 0.2) is 27.6 Å². The fourth-order valence-corrected chi connectivity index (χ4v) is 4.01. The van der Waals surface area contributed by atoms with Gasteiger partial charge in [0.15, 0.2) is 0 Å². The Labute approximate surface area is 122 Å². The molecule has 0 aliphatic rings. The number of nitrogens with two attached hydrogens (primary N) is 1. The van der Waals surface area contributed by atoms with E-state index in [0.717, 1.165) is 0 Å². The molecule has 0 unspecified atom stereocenters. The van der Waals surface area contributed by atoms with Gasteiger partial charge >= 0.3 is 0 Å². The minimum Gasteiger partial charge on any atom is -0.399 e. The van der Waals surface area contributed by atoms with Gasteiger partial charge in [-0.15, -0.1) is 0 Å². The molecule has 2 N–H and O–H groups in total. The lowest BCUT2D eigenvalue weighted by atomic mass is 10.3. The van der Waals surface area contributed by atoms with Crippen molar-refractivity contribution in [2.45, 2.75) is 18.7 Å². The lowest BCUT2D eigenvalue weighted by Crippen LogP contribution is -2.34. The molecule has 1 aromatic carbocycles. The number of nitrogen functional groups attached to an aromatic ring is 1. The van der Waals surface area contributed by atoms with E-state index in [9.17, 15) is 8.42 Å². The Morgan fingerprint density at radius 3 is 2.63 bits per heavy atom. The fraction of sp³-hybridized carbons (Fsp3) is 0.500. The number of benzene rings is 1. The molecule has 1 aromatic rings. The molecule has 0 aliphatic carbocycles. The third-order valence-corrected chi connectivity index (χ3v) is 5.58. The van der Waals surface area contributed by atoms with Crippen molar-refractivity contribution in [1.82, 2.24) is 4.31 Å². The van der Waals surface area contributed by atoms with Gasteiger partial charge in [0.1, 0.15) is 0 Å². The average Bonchev–Trinajstić information content (AvgIpc) is 2.37. The van der Waals surface area contributed by atoms with E-state index < -0.39 is 10.0 Å². The van der Waals surface area contributed by atoms with E-state index in [1.165, 1.54) is 10.4 Å². The molecule has 108 valence electrons. The summed E-state index contributed by atoms with van der Waals surface area (Å²) >= 11 is 3.25. The minimum absolute atomic E-state index is 0.186. The van der Waals surface area contributed by atoms with E-state index >= 15 is 0 Å². The second kappa shape index (κ2) is 7.23. The highest BCUT2D eigenvalue weighted by Gasteiger charge is 2.25. The smallest absolute Gasteiger partial charge is 0.244 e. The molecule has 19 heavy (non-hydrogen) atoms. The van der Waals surface area contributed by atoms with Gasteiger partial charge in [-0.3, -0.25) is 0 Å². The third kappa shape index (κ3) is 4.17. The van der Waals surface area contributed by atoms with E-state index in [2.05, 4.69) is 15.9 Å². The summed E-state index contributed by atoms with van der Waals surface area (Å²) in [5.41, 5.74) is 6.08. The molecule has 0 saturated heterocycles. The van der Waals surface area contributed by atoms with Crippen molar-refractivity contribution in [2.24, 2.45) is 0 Å². The number of hydrogen-bond acceptors (Lipinski definition) is 4. The molecule has 0 bridgehead atoms. The first-order valence-electron chi connectivity index (χ1n) is 6.06. The van der Waals surface area contributed by atoms with E-state index in [0.29, 0.717) is 36.5 Å². The van der Waals surface area contributed by atoms with Crippen LogP contribution in [0.4, 0.5) is 5.69 Å². The van der Waals surface area contributed by atoms with E-state index in [4.69, 9.17) is 10.5 Å². The van der Waals surface area contributed by atoms with Crippen molar-refractivity contribution in [3.05, 3.63) is 22.7 Å². The van der Waals surface area contributed by atoms with Crippen LogP contribution in [0.3, 0.4) is 0 Å². The van der Waals surface area contributed by atoms with Crippen molar-refractivity contribution >= 4 is 31.6 Å². The van der Waals surface area contributed by atoms with Gasteiger partial charge in [-0.2, -0.15) is 4.31 Å². The normalized spacial score (nSPS) is 12.0. The Morgan fingerprint density at radius 1 is 1.37 bits per heavy atom. The Balaban J connectivity index is 3.03. The van der Waals surface area contributed by atoms with Gasteiger partial charge in [0.25, 0.3) is 0 Å². The molecule has 0 radical (unpaired) electrons. The van der Waals surface area contributed by atoms with Crippen molar-refractivity contribution in [3.8, 4) is 0 Å². The summed E-state index contributed by atoms with van der Waals surface area (Å²) in [6.07, 6.45) is 0. The van der Waals surface area contributed by atoms with Gasteiger partial charge in [0.05, 0.1) is 11.5 Å². The molecule has 7 heteroatoms. The Morgan fingerprint density at radius 2 is 2.05 bits per heavy atom. The van der Waals surface area contributed by atoms with Gasteiger partial charge in [-0.05, 0) is 41.1 Å². The van der Waals surface area contributed by atoms with Crippen LogP contribution in [0.25, 0.3) is 0 Å². The quantitative estimate of drug-likeness (QED) is 0.603. The number of ether oxygens (including phenoxy) is 1. The van der Waals surface area contributed by atoms with Crippen LogP contribution in [0.1, 0.15) is 13.8 Å². The van der Waals surface area contributed by atoms with Gasteiger partial charge < -0.3 is 10.5 Å². The maximum atomic E-state index is 12.5. The molecule has 0 aliphatic heterocycles. The summed E-state index contributed by atoms with van der Waals surface area (Å²) in [5.74, 6) is 0. The second-order valence-corrected chi connectivity index (χ2v) is 6.64. The van der Waals surface area contributed by atoms with Crippen LogP contribution in [0.2, 0.25) is 0 Å². The zero-order chi connectivity index (χ0) is 14.5.